The van der Waals surface area contributed by atoms with E-state index < -0.39 is 26.5 Å². The number of hydrogen-bond donors (Lipinski definition) is 0. The van der Waals surface area contributed by atoms with Gasteiger partial charge in [-0.25, -0.2) is 0 Å². The van der Waals surface area contributed by atoms with Crippen molar-refractivity contribution in [3.8, 4) is 0 Å². The molecule has 0 aromatic carbocycles. The third-order valence-corrected chi connectivity index (χ3v) is 29.0. The fraction of sp³-hybridized carbons (Fsp3) is 0.750. The van der Waals surface area contributed by atoms with Crippen molar-refractivity contribution in [1.82, 2.24) is 0 Å². The first-order chi connectivity index (χ1) is 8.46. The molecule has 1 rings (SSSR count). The van der Waals surface area contributed by atoms with Gasteiger partial charge in [-0.2, -0.15) is 0 Å². The summed E-state index contributed by atoms with van der Waals surface area (Å²) in [7, 11) is -1.09. The van der Waals surface area contributed by atoms with Crippen molar-refractivity contribution < 1.29 is 0 Å². The Morgan fingerprint density at radius 3 is 2.06 bits per heavy atom. The summed E-state index contributed by atoms with van der Waals surface area (Å²) in [5, 5.41) is 0. The Morgan fingerprint density at radius 1 is 1.06 bits per heavy atom. The van der Waals surface area contributed by atoms with Crippen molar-refractivity contribution in [3.63, 3.8) is 0 Å². The molecule has 18 heavy (non-hydrogen) atoms. The zero-order valence-corrected chi connectivity index (χ0v) is 17.0. The third-order valence-electron chi connectivity index (χ3n) is 4.19. The summed E-state index contributed by atoms with van der Waals surface area (Å²) >= 11 is -2.10. The van der Waals surface area contributed by atoms with E-state index in [1.165, 1.54) is 32.1 Å². The van der Waals surface area contributed by atoms with Crippen molar-refractivity contribution in [3.05, 3.63) is 19.5 Å². The number of rotatable bonds is 7. The number of hydrogen-bond acceptors (Lipinski definition) is 0. The van der Waals surface area contributed by atoms with Gasteiger partial charge in [-0.3, -0.25) is 0 Å². The summed E-state index contributed by atoms with van der Waals surface area (Å²) in [5.74, 6) is 0. The number of allylic oxidation sites excluding steroid dienone is 2. The standard InChI is InChI=1S/C8H14Si.2C4H9.Sn/c1-5-6-7-8-9(2,3)4;2*1-3-4-2;/h1,5,7H,6H2,2-4H3;2*1,3-4H2,2H3;. The topological polar surface area (TPSA) is 0 Å². The SMILES string of the molecule is CCC[CH2][Sn]1([CH2]CCC)[CH]=CCC=[C]1[Si](C)(C)C. The van der Waals surface area contributed by atoms with Crippen LogP contribution in [0, 0.1) is 0 Å². The molecule has 0 aliphatic carbocycles. The Balaban J connectivity index is 2.99. The molecule has 2 heteroatoms. The predicted octanol–water partition coefficient (Wildman–Crippen LogP) is 5.88. The summed E-state index contributed by atoms with van der Waals surface area (Å²) in [5.41, 5.74) is 0. The first kappa shape index (κ1) is 16.5. The van der Waals surface area contributed by atoms with E-state index in [2.05, 4.69) is 49.7 Å². The second-order valence-corrected chi connectivity index (χ2v) is 25.3. The second kappa shape index (κ2) is 7.32. The monoisotopic (exact) mass is 372 g/mol. The molecule has 0 amide bonds. The van der Waals surface area contributed by atoms with E-state index >= 15 is 0 Å². The molecule has 0 N–H and O–H groups in total. The molecule has 0 saturated heterocycles. The molecule has 0 saturated carbocycles. The van der Waals surface area contributed by atoms with Gasteiger partial charge in [-0.05, 0) is 0 Å². The van der Waals surface area contributed by atoms with Crippen LogP contribution in [0.5, 0.6) is 0 Å². The molecule has 0 fully saturated rings. The molecule has 0 bridgehead atoms. The number of unbranched alkanes of at least 4 members (excludes halogenated alkanes) is 2. The Morgan fingerprint density at radius 2 is 1.61 bits per heavy atom. The van der Waals surface area contributed by atoms with E-state index in [0.717, 1.165) is 0 Å². The van der Waals surface area contributed by atoms with Gasteiger partial charge in [0, 0.05) is 0 Å². The molecule has 0 spiro atoms. The molecule has 0 aromatic heterocycles. The molecule has 0 unspecified atom stereocenters. The van der Waals surface area contributed by atoms with Crippen molar-refractivity contribution >= 4 is 26.5 Å². The van der Waals surface area contributed by atoms with E-state index in [1.54, 1.807) is 8.87 Å². The van der Waals surface area contributed by atoms with Crippen LogP contribution in [-0.4, -0.2) is 26.5 Å². The van der Waals surface area contributed by atoms with E-state index in [4.69, 9.17) is 0 Å². The maximum atomic E-state index is 2.79. The van der Waals surface area contributed by atoms with Crippen LogP contribution in [0.3, 0.4) is 0 Å². The Bertz CT molecular complexity index is 302. The minimum absolute atomic E-state index is 1.09. The van der Waals surface area contributed by atoms with Crippen LogP contribution in [0.25, 0.3) is 0 Å². The van der Waals surface area contributed by atoms with E-state index in [9.17, 15) is 0 Å². The fourth-order valence-corrected chi connectivity index (χ4v) is 33.1. The summed E-state index contributed by atoms with van der Waals surface area (Å²) in [6.45, 7) is 12.4. The van der Waals surface area contributed by atoms with Crippen LogP contribution in [0.2, 0.25) is 28.5 Å². The van der Waals surface area contributed by atoms with Gasteiger partial charge in [-0.1, -0.05) is 0 Å². The quantitative estimate of drug-likeness (QED) is 0.491. The predicted molar refractivity (Wildman–Crippen MR) is 90.4 cm³/mol. The molecule has 0 radical (unpaired) electrons. The van der Waals surface area contributed by atoms with Gasteiger partial charge >= 0.3 is 120 Å². The summed E-state index contributed by atoms with van der Waals surface area (Å²) in [6, 6.07) is 0. The zero-order valence-electron chi connectivity index (χ0n) is 13.2. The molecular weight excluding hydrogens is 339 g/mol. The van der Waals surface area contributed by atoms with Crippen LogP contribution in [0.15, 0.2) is 19.5 Å². The van der Waals surface area contributed by atoms with Gasteiger partial charge in [-0.15, -0.1) is 0 Å². The molecule has 1 heterocycles. The minimum atomic E-state index is -2.10. The van der Waals surface area contributed by atoms with Crippen LogP contribution < -0.4 is 0 Å². The Hall–Kier alpha value is 0.496. The molecule has 0 aromatic rings. The third kappa shape index (κ3) is 4.26. The normalized spacial score (nSPS) is 18.8. The van der Waals surface area contributed by atoms with Crippen molar-refractivity contribution in [1.29, 1.82) is 0 Å². The van der Waals surface area contributed by atoms with Crippen molar-refractivity contribution in [2.24, 2.45) is 0 Å². The van der Waals surface area contributed by atoms with Gasteiger partial charge in [0.1, 0.15) is 0 Å². The second-order valence-electron chi connectivity index (χ2n) is 6.87. The van der Waals surface area contributed by atoms with Crippen LogP contribution in [-0.2, 0) is 0 Å². The van der Waals surface area contributed by atoms with Crippen molar-refractivity contribution in [2.45, 2.75) is 74.5 Å². The average Bonchev–Trinajstić information content (AvgIpc) is 2.33. The summed E-state index contributed by atoms with van der Waals surface area (Å²) in [6.07, 6.45) is 12.1. The zero-order chi connectivity index (χ0) is 13.6. The van der Waals surface area contributed by atoms with Crippen LogP contribution in [0.1, 0.15) is 46.0 Å². The molecule has 1 aliphatic rings. The van der Waals surface area contributed by atoms with Gasteiger partial charge in [0.15, 0.2) is 0 Å². The average molecular weight is 371 g/mol. The summed E-state index contributed by atoms with van der Waals surface area (Å²) in [4.78, 5) is 0. The first-order valence-electron chi connectivity index (χ1n) is 7.85. The first-order valence-corrected chi connectivity index (χ1v) is 18.5. The van der Waals surface area contributed by atoms with Crippen molar-refractivity contribution in [2.75, 3.05) is 0 Å². The van der Waals surface area contributed by atoms with Gasteiger partial charge in [0.2, 0.25) is 0 Å². The molecule has 1 aliphatic heterocycles. The van der Waals surface area contributed by atoms with Gasteiger partial charge in [0.25, 0.3) is 0 Å². The van der Waals surface area contributed by atoms with Crippen LogP contribution in [0.4, 0.5) is 0 Å². The van der Waals surface area contributed by atoms with Gasteiger partial charge in [0.05, 0.1) is 0 Å². The molecule has 0 atom stereocenters. The summed E-state index contributed by atoms with van der Waals surface area (Å²) < 4.78 is 7.99. The maximum absolute atomic E-state index is 2.79. The molecule has 104 valence electrons. The van der Waals surface area contributed by atoms with E-state index in [0.29, 0.717) is 0 Å². The van der Waals surface area contributed by atoms with Crippen LogP contribution >= 0.6 is 0 Å². The van der Waals surface area contributed by atoms with E-state index in [-0.39, 0.29) is 0 Å². The fourth-order valence-electron chi connectivity index (χ4n) is 3.37. The van der Waals surface area contributed by atoms with Gasteiger partial charge < -0.3 is 0 Å². The Labute approximate surface area is 120 Å². The molecular formula is C16H32SiSn. The molecule has 0 nitrogen and oxygen atoms in total. The Kier molecular flexibility index (Phi) is 6.73. The van der Waals surface area contributed by atoms with E-state index in [1.807, 2.05) is 3.21 Å².